The summed E-state index contributed by atoms with van der Waals surface area (Å²) in [4.78, 5) is 42.9. The van der Waals surface area contributed by atoms with Crippen LogP contribution in [0.1, 0.15) is 35.1 Å². The molecule has 1 amide bonds. The molecule has 0 unspecified atom stereocenters. The molecule has 0 bridgehead atoms. The van der Waals surface area contributed by atoms with Crippen LogP contribution in [0.2, 0.25) is 0 Å². The van der Waals surface area contributed by atoms with Crippen molar-refractivity contribution in [3.8, 4) is 5.75 Å². The fraction of sp³-hybridized carbons (Fsp3) is 0.419. The number of primary amides is 1. The fourth-order valence-corrected chi connectivity index (χ4v) is 7.03. The lowest BCUT2D eigenvalue weighted by Gasteiger charge is -2.50. The molecule has 4 atom stereocenters. The number of aliphatic hydroxyl groups excluding tert-OH is 2. The van der Waals surface area contributed by atoms with Crippen LogP contribution in [0.5, 0.6) is 5.75 Å². The number of likely N-dealkylation sites (N-methyl/N-ethyl adjacent to an activating group) is 1. The quantitative estimate of drug-likeness (QED) is 0.152. The number of ketones is 2. The molecule has 1 fully saturated rings. The molecule has 3 aliphatic carbocycles. The van der Waals surface area contributed by atoms with Crippen LogP contribution >= 0.6 is 0 Å². The van der Waals surface area contributed by atoms with Gasteiger partial charge in [0.15, 0.2) is 11.4 Å². The second-order valence-corrected chi connectivity index (χ2v) is 12.1. The molecule has 1 saturated carbocycles. The van der Waals surface area contributed by atoms with Gasteiger partial charge in [0.1, 0.15) is 22.8 Å². The van der Waals surface area contributed by atoms with Crippen LogP contribution in [-0.2, 0) is 33.6 Å². The highest BCUT2D eigenvalue weighted by molar-refractivity contribution is 6.24. The Bertz CT molecular complexity index is 1590. The Balaban J connectivity index is 1.61. The molecule has 43 heavy (non-hydrogen) atoms. The van der Waals surface area contributed by atoms with E-state index < -0.39 is 58.0 Å². The van der Waals surface area contributed by atoms with Crippen molar-refractivity contribution in [1.82, 2.24) is 4.90 Å². The van der Waals surface area contributed by atoms with E-state index >= 15 is 0 Å². The standard InChI is InChI=1S/C31H36N4O8/c1-33(2)20-14-16(7-5-6-15-8-10-35(43)11-9-15)25(36)22-18(20)12-17-13-19-24(34(3)4)27(38)23(30(32)41)29(40)31(19,42)28(39)21(17)26(22)37/h8-11,14,17,19,24,42H,5-7,12-13H2,1-4H3,(H5-,32,36,37,38,39,40,41,43)/p+1/t17-,19-,24-,31-/m0/s1. The maximum absolute atomic E-state index is 14.1. The van der Waals surface area contributed by atoms with E-state index in [-0.39, 0.29) is 29.7 Å². The summed E-state index contributed by atoms with van der Waals surface area (Å²) in [6.07, 6.45) is 5.06. The number of fused-ring (bicyclic) bond motifs is 3. The van der Waals surface area contributed by atoms with E-state index in [9.17, 15) is 40.0 Å². The van der Waals surface area contributed by atoms with E-state index in [2.05, 4.69) is 0 Å². The molecule has 3 aliphatic rings. The summed E-state index contributed by atoms with van der Waals surface area (Å²) in [6, 6.07) is 4.30. The number of benzene rings is 1. The van der Waals surface area contributed by atoms with E-state index in [0.29, 0.717) is 30.4 Å². The Labute approximate surface area is 248 Å². The van der Waals surface area contributed by atoms with Crippen LogP contribution in [0.4, 0.5) is 5.69 Å². The first-order valence-corrected chi connectivity index (χ1v) is 14.1. The molecule has 12 heteroatoms. The lowest BCUT2D eigenvalue weighted by molar-refractivity contribution is -0.904. The number of pyridine rings is 1. The summed E-state index contributed by atoms with van der Waals surface area (Å²) in [5, 5.41) is 55.4. The smallest absolute Gasteiger partial charge is 0.255 e. The zero-order valence-corrected chi connectivity index (χ0v) is 24.5. The van der Waals surface area contributed by atoms with Crippen molar-refractivity contribution in [3.63, 3.8) is 0 Å². The molecular formula is C31H37N4O8+. The number of phenols is 1. The largest absolute Gasteiger partial charge is 0.508 e. The van der Waals surface area contributed by atoms with Gasteiger partial charge in [0.2, 0.25) is 18.2 Å². The lowest BCUT2D eigenvalue weighted by atomic mass is 9.57. The third-order valence-corrected chi connectivity index (χ3v) is 9.05. The van der Waals surface area contributed by atoms with E-state index in [1.807, 2.05) is 25.1 Å². The minimum absolute atomic E-state index is 0.0338. The number of aromatic nitrogens is 1. The van der Waals surface area contributed by atoms with E-state index in [1.54, 1.807) is 26.2 Å². The summed E-state index contributed by atoms with van der Waals surface area (Å²) in [6.45, 7) is 0. The molecule has 1 aromatic carbocycles. The number of amides is 1. The van der Waals surface area contributed by atoms with E-state index in [1.165, 1.54) is 17.3 Å². The van der Waals surface area contributed by atoms with Crippen molar-refractivity contribution in [2.75, 3.05) is 33.1 Å². The number of phenolic OH excluding ortho intramolecular Hbond substituents is 1. The van der Waals surface area contributed by atoms with Crippen LogP contribution in [-0.4, -0.2) is 87.8 Å². The number of aliphatic hydroxyl groups is 3. The first kappa shape index (κ1) is 30.1. The molecule has 0 radical (unpaired) electrons. The van der Waals surface area contributed by atoms with Gasteiger partial charge in [-0.3, -0.25) is 24.5 Å². The van der Waals surface area contributed by atoms with Crippen LogP contribution in [0.15, 0.2) is 47.5 Å². The predicted octanol–water partition coefficient (Wildman–Crippen LogP) is 0.730. The summed E-state index contributed by atoms with van der Waals surface area (Å²) in [5.41, 5.74) is 4.69. The van der Waals surface area contributed by atoms with Crippen LogP contribution < -0.4 is 15.4 Å². The Morgan fingerprint density at radius 1 is 1.09 bits per heavy atom. The van der Waals surface area contributed by atoms with Crippen molar-refractivity contribution in [3.05, 3.63) is 69.8 Å². The SMILES string of the molecule is CN(C)c1cc(CCCc2cc[n+](O)cc2)c(O)c2c1C[C@H]1C[C@H]3[C@H](N(C)C)C(=O)C(C(N)=O)=C(O)[C@@]3(O)C(=O)C1=C2O. The number of hydrogen-bond donors (Lipinski definition) is 6. The monoisotopic (exact) mass is 593 g/mol. The number of aromatic hydroxyl groups is 1. The van der Waals surface area contributed by atoms with Crippen molar-refractivity contribution in [2.24, 2.45) is 17.6 Å². The molecule has 12 nitrogen and oxygen atoms in total. The van der Waals surface area contributed by atoms with Crippen LogP contribution in [0.3, 0.4) is 0 Å². The molecule has 2 aromatic rings. The minimum Gasteiger partial charge on any atom is -0.508 e. The number of nitrogens with zero attached hydrogens (tertiary/aromatic N) is 3. The van der Waals surface area contributed by atoms with Crippen molar-refractivity contribution >= 4 is 28.9 Å². The van der Waals surface area contributed by atoms with Crippen molar-refractivity contribution in [1.29, 1.82) is 0 Å². The van der Waals surface area contributed by atoms with Gasteiger partial charge in [-0.15, -0.1) is 0 Å². The highest BCUT2D eigenvalue weighted by Crippen LogP contribution is 2.54. The predicted molar refractivity (Wildman–Crippen MR) is 154 cm³/mol. The third-order valence-electron chi connectivity index (χ3n) is 9.05. The second kappa shape index (κ2) is 10.7. The highest BCUT2D eigenvalue weighted by atomic mass is 16.5. The van der Waals surface area contributed by atoms with E-state index in [0.717, 1.165) is 16.0 Å². The Kier molecular flexibility index (Phi) is 7.47. The molecule has 5 rings (SSSR count). The average molecular weight is 594 g/mol. The molecule has 1 aromatic heterocycles. The number of Topliss-reactive ketones (excluding diaryl/α,β-unsaturated/α-hetero) is 2. The number of hydrogen-bond acceptors (Lipinski definition) is 10. The molecule has 0 spiro atoms. The Hall–Kier alpha value is -4.42. The Morgan fingerprint density at radius 2 is 1.74 bits per heavy atom. The average Bonchev–Trinajstić information content (AvgIpc) is 2.92. The number of aryl methyl sites for hydroxylation is 2. The zero-order chi connectivity index (χ0) is 31.5. The van der Waals surface area contributed by atoms with Gasteiger partial charge in [-0.05, 0) is 74.9 Å². The van der Waals surface area contributed by atoms with Gasteiger partial charge in [-0.1, -0.05) is 0 Å². The second-order valence-electron chi connectivity index (χ2n) is 12.1. The molecular weight excluding hydrogens is 556 g/mol. The number of nitrogens with two attached hydrogens (primary N) is 1. The topological polar surface area (TPSA) is 189 Å². The van der Waals surface area contributed by atoms with Gasteiger partial charge in [-0.2, -0.15) is 0 Å². The zero-order valence-electron chi connectivity index (χ0n) is 24.5. The maximum Gasteiger partial charge on any atom is 0.255 e. The van der Waals surface area contributed by atoms with Gasteiger partial charge >= 0.3 is 0 Å². The van der Waals surface area contributed by atoms with Crippen molar-refractivity contribution in [2.45, 2.75) is 43.7 Å². The maximum atomic E-state index is 14.1. The lowest BCUT2D eigenvalue weighted by Crippen LogP contribution is -2.65. The minimum atomic E-state index is -2.68. The van der Waals surface area contributed by atoms with Gasteiger partial charge in [0, 0.05) is 48.1 Å². The number of anilines is 1. The molecule has 0 saturated heterocycles. The number of carbonyl (C=O) groups excluding carboxylic acids is 3. The van der Waals surface area contributed by atoms with E-state index in [4.69, 9.17) is 5.73 Å². The summed E-state index contributed by atoms with van der Waals surface area (Å²) < 4.78 is 0.951. The molecule has 0 aliphatic heterocycles. The van der Waals surface area contributed by atoms with Gasteiger partial charge in [-0.25, -0.2) is 0 Å². The summed E-state index contributed by atoms with van der Waals surface area (Å²) >= 11 is 0. The summed E-state index contributed by atoms with van der Waals surface area (Å²) in [7, 11) is 6.80. The summed E-state index contributed by atoms with van der Waals surface area (Å²) in [5.74, 6) is -6.65. The normalized spacial score (nSPS) is 25.0. The fourth-order valence-electron chi connectivity index (χ4n) is 7.03. The Morgan fingerprint density at radius 3 is 2.33 bits per heavy atom. The molecule has 1 heterocycles. The number of carbonyl (C=O) groups is 3. The van der Waals surface area contributed by atoms with Gasteiger partial charge < -0.3 is 31.1 Å². The first-order chi connectivity index (χ1) is 20.2. The van der Waals surface area contributed by atoms with Crippen LogP contribution in [0.25, 0.3) is 5.76 Å². The van der Waals surface area contributed by atoms with Crippen molar-refractivity contribution < 1.29 is 44.7 Å². The van der Waals surface area contributed by atoms with Crippen LogP contribution in [0, 0.1) is 11.8 Å². The first-order valence-electron chi connectivity index (χ1n) is 14.1. The third kappa shape index (κ3) is 4.61. The van der Waals surface area contributed by atoms with Gasteiger partial charge in [0.05, 0.1) is 11.6 Å². The molecule has 228 valence electrons. The van der Waals surface area contributed by atoms with Gasteiger partial charge in [0.25, 0.3) is 5.91 Å². The molecule has 7 N–H and O–H groups in total. The highest BCUT2D eigenvalue weighted by Gasteiger charge is 2.64. The number of rotatable bonds is 7.